The molecule has 1 aromatic rings. The Labute approximate surface area is 101 Å². The number of rotatable bonds is 5. The van der Waals surface area contributed by atoms with Crippen LogP contribution in [-0.4, -0.2) is 35.3 Å². The summed E-state index contributed by atoms with van der Waals surface area (Å²) in [5, 5.41) is 8.79. The van der Waals surface area contributed by atoms with Crippen molar-refractivity contribution in [2.75, 3.05) is 19.5 Å². The topological polar surface area (TPSA) is 44.2 Å². The summed E-state index contributed by atoms with van der Waals surface area (Å²) in [6, 6.07) is 3.70. The molecule has 0 unspecified atom stereocenters. The van der Waals surface area contributed by atoms with Crippen LogP contribution in [0.25, 0.3) is 0 Å². The van der Waals surface area contributed by atoms with Gasteiger partial charge >= 0.3 is 0 Å². The Morgan fingerprint density at radius 2 is 1.94 bits per heavy atom. The summed E-state index contributed by atoms with van der Waals surface area (Å²) in [7, 11) is 0. The highest BCUT2D eigenvalue weighted by atomic mass is 32.2. The number of aromatic nitrogens is 2. The second kappa shape index (κ2) is 6.06. The van der Waals surface area contributed by atoms with Crippen LogP contribution >= 0.6 is 11.8 Å². The quantitative estimate of drug-likeness (QED) is 0.586. The van der Waals surface area contributed by atoms with E-state index in [0.717, 1.165) is 5.03 Å². The predicted molar refractivity (Wildman–Crippen MR) is 65.0 cm³/mol. The van der Waals surface area contributed by atoms with Gasteiger partial charge in [-0.15, -0.1) is 22.0 Å². The molecule has 0 aliphatic carbocycles. The Kier molecular flexibility index (Phi) is 5.02. The summed E-state index contributed by atoms with van der Waals surface area (Å²) in [6.07, 6.45) is 1.96. The monoisotopic (exact) mass is 242 g/mol. The first-order valence-electron chi connectivity index (χ1n) is 5.16. The summed E-state index contributed by atoms with van der Waals surface area (Å²) >= 11 is 1.56. The Bertz CT molecular complexity index is 309. The predicted octanol–water partition coefficient (Wildman–Crippen LogP) is 2.39. The smallest absolute Gasteiger partial charge is 0.233 e. The van der Waals surface area contributed by atoms with Crippen LogP contribution in [0.4, 0.5) is 0 Å². The van der Waals surface area contributed by atoms with E-state index in [4.69, 9.17) is 9.47 Å². The minimum Gasteiger partial charge on any atom is -0.474 e. The van der Waals surface area contributed by atoms with E-state index in [2.05, 4.69) is 10.2 Å². The molecule has 1 heterocycles. The van der Waals surface area contributed by atoms with Crippen molar-refractivity contribution in [3.05, 3.63) is 12.1 Å². The molecule has 0 N–H and O–H groups in total. The standard InChI is InChI=1S/C11H18N2O2S/c1-11(2,3)15-8-7-14-9-5-6-10(16-4)13-12-9/h5-6H,7-8H2,1-4H3. The summed E-state index contributed by atoms with van der Waals surface area (Å²) in [5.74, 6) is 0.537. The zero-order chi connectivity index (χ0) is 12.0. The normalized spacial score (nSPS) is 11.5. The molecule has 5 heteroatoms. The van der Waals surface area contributed by atoms with E-state index in [0.29, 0.717) is 19.1 Å². The molecule has 0 amide bonds. The number of hydrogen-bond acceptors (Lipinski definition) is 5. The SMILES string of the molecule is CSc1ccc(OCCOC(C)(C)C)nn1. The highest BCUT2D eigenvalue weighted by Crippen LogP contribution is 2.12. The van der Waals surface area contributed by atoms with Gasteiger partial charge in [0, 0.05) is 6.07 Å². The molecule has 16 heavy (non-hydrogen) atoms. The molecule has 0 spiro atoms. The van der Waals surface area contributed by atoms with Gasteiger partial charge in [0.25, 0.3) is 0 Å². The molecule has 0 fully saturated rings. The second-order valence-corrected chi connectivity index (χ2v) is 5.05. The Morgan fingerprint density at radius 1 is 1.19 bits per heavy atom. The summed E-state index contributed by atoms with van der Waals surface area (Å²) < 4.78 is 10.9. The molecule has 0 saturated carbocycles. The highest BCUT2D eigenvalue weighted by Gasteiger charge is 2.09. The van der Waals surface area contributed by atoms with Crippen LogP contribution in [0.15, 0.2) is 17.2 Å². The molecule has 4 nitrogen and oxygen atoms in total. The largest absolute Gasteiger partial charge is 0.474 e. The van der Waals surface area contributed by atoms with Crippen molar-refractivity contribution in [3.63, 3.8) is 0 Å². The summed E-state index contributed by atoms with van der Waals surface area (Å²) in [6.45, 7) is 7.08. The average Bonchev–Trinajstić information content (AvgIpc) is 2.24. The fourth-order valence-electron chi connectivity index (χ4n) is 0.988. The van der Waals surface area contributed by atoms with Gasteiger partial charge < -0.3 is 9.47 Å². The van der Waals surface area contributed by atoms with Crippen molar-refractivity contribution >= 4 is 11.8 Å². The van der Waals surface area contributed by atoms with Gasteiger partial charge in [0.2, 0.25) is 5.88 Å². The lowest BCUT2D eigenvalue weighted by molar-refractivity contribution is -0.0169. The first-order chi connectivity index (χ1) is 7.51. The summed E-state index contributed by atoms with van der Waals surface area (Å²) in [4.78, 5) is 0. The van der Waals surface area contributed by atoms with Gasteiger partial charge in [0.1, 0.15) is 11.6 Å². The molecule has 1 rings (SSSR count). The first-order valence-corrected chi connectivity index (χ1v) is 6.38. The van der Waals surface area contributed by atoms with Crippen LogP contribution in [0.5, 0.6) is 5.88 Å². The molecule has 0 aliphatic rings. The molecular weight excluding hydrogens is 224 g/mol. The number of nitrogens with zero attached hydrogens (tertiary/aromatic N) is 2. The van der Waals surface area contributed by atoms with E-state index >= 15 is 0 Å². The highest BCUT2D eigenvalue weighted by molar-refractivity contribution is 7.98. The lowest BCUT2D eigenvalue weighted by Crippen LogP contribution is -2.22. The third-order valence-corrected chi connectivity index (χ3v) is 2.33. The molecule has 0 radical (unpaired) electrons. The van der Waals surface area contributed by atoms with Crippen LogP contribution in [0.3, 0.4) is 0 Å². The zero-order valence-electron chi connectivity index (χ0n) is 10.2. The van der Waals surface area contributed by atoms with E-state index in [1.807, 2.05) is 39.2 Å². The van der Waals surface area contributed by atoms with E-state index in [-0.39, 0.29) is 5.60 Å². The number of ether oxygens (including phenoxy) is 2. The van der Waals surface area contributed by atoms with Crippen molar-refractivity contribution in [2.45, 2.75) is 31.4 Å². The Morgan fingerprint density at radius 3 is 2.44 bits per heavy atom. The van der Waals surface area contributed by atoms with Gasteiger partial charge in [-0.1, -0.05) is 0 Å². The van der Waals surface area contributed by atoms with Crippen LogP contribution in [-0.2, 0) is 4.74 Å². The van der Waals surface area contributed by atoms with Crippen LogP contribution < -0.4 is 4.74 Å². The molecule has 0 bridgehead atoms. The van der Waals surface area contributed by atoms with Gasteiger partial charge in [-0.05, 0) is 33.1 Å². The fourth-order valence-corrected chi connectivity index (χ4v) is 1.31. The van der Waals surface area contributed by atoms with Gasteiger partial charge in [-0.25, -0.2) is 0 Å². The Balaban J connectivity index is 2.27. The lowest BCUT2D eigenvalue weighted by Gasteiger charge is -2.19. The summed E-state index contributed by atoms with van der Waals surface area (Å²) in [5.41, 5.74) is -0.127. The van der Waals surface area contributed by atoms with Crippen molar-refractivity contribution in [1.82, 2.24) is 10.2 Å². The van der Waals surface area contributed by atoms with Crippen molar-refractivity contribution in [1.29, 1.82) is 0 Å². The van der Waals surface area contributed by atoms with E-state index < -0.39 is 0 Å². The maximum atomic E-state index is 5.52. The van der Waals surface area contributed by atoms with Crippen LogP contribution in [0, 0.1) is 0 Å². The van der Waals surface area contributed by atoms with Gasteiger partial charge in [0.05, 0.1) is 12.2 Å². The minimum atomic E-state index is -0.127. The third kappa shape index (κ3) is 5.32. The maximum Gasteiger partial charge on any atom is 0.233 e. The van der Waals surface area contributed by atoms with E-state index in [1.54, 1.807) is 11.8 Å². The maximum absolute atomic E-state index is 5.52. The molecule has 0 atom stereocenters. The first kappa shape index (κ1) is 13.3. The fraction of sp³-hybridized carbons (Fsp3) is 0.636. The lowest BCUT2D eigenvalue weighted by atomic mass is 10.2. The molecule has 0 saturated heterocycles. The van der Waals surface area contributed by atoms with E-state index in [9.17, 15) is 0 Å². The van der Waals surface area contributed by atoms with Crippen LogP contribution in [0.1, 0.15) is 20.8 Å². The number of hydrogen-bond donors (Lipinski definition) is 0. The molecule has 0 aromatic carbocycles. The average molecular weight is 242 g/mol. The van der Waals surface area contributed by atoms with Crippen molar-refractivity contribution in [3.8, 4) is 5.88 Å². The minimum absolute atomic E-state index is 0.127. The molecule has 90 valence electrons. The molecule has 1 aromatic heterocycles. The van der Waals surface area contributed by atoms with E-state index in [1.165, 1.54) is 0 Å². The Hall–Kier alpha value is -0.810. The van der Waals surface area contributed by atoms with Crippen molar-refractivity contribution < 1.29 is 9.47 Å². The third-order valence-electron chi connectivity index (χ3n) is 1.69. The van der Waals surface area contributed by atoms with Crippen LogP contribution in [0.2, 0.25) is 0 Å². The molecule has 0 aliphatic heterocycles. The van der Waals surface area contributed by atoms with Gasteiger partial charge in [-0.3, -0.25) is 0 Å². The van der Waals surface area contributed by atoms with Crippen molar-refractivity contribution in [2.24, 2.45) is 0 Å². The zero-order valence-corrected chi connectivity index (χ0v) is 11.0. The molecular formula is C11H18N2O2S. The van der Waals surface area contributed by atoms with Gasteiger partial charge in [0.15, 0.2) is 0 Å². The van der Waals surface area contributed by atoms with Gasteiger partial charge in [-0.2, -0.15) is 0 Å². The second-order valence-electron chi connectivity index (χ2n) is 4.22. The number of thioether (sulfide) groups is 1.